The van der Waals surface area contributed by atoms with Gasteiger partial charge in [0.25, 0.3) is 0 Å². The fraction of sp³-hybridized carbons (Fsp3) is 1.00. The number of rotatable bonds is 6. The Morgan fingerprint density at radius 1 is 1.06 bits per heavy atom. The van der Waals surface area contributed by atoms with Crippen LogP contribution in [-0.4, -0.2) is 29.6 Å². The summed E-state index contributed by atoms with van der Waals surface area (Å²) in [5.41, 5.74) is 7.04. The van der Waals surface area contributed by atoms with E-state index in [-0.39, 0.29) is 0 Å². The summed E-state index contributed by atoms with van der Waals surface area (Å²) in [6.07, 6.45) is 12.5. The van der Waals surface area contributed by atoms with Gasteiger partial charge in [0.1, 0.15) is 0 Å². The molecule has 1 unspecified atom stereocenters. The molecule has 2 aliphatic carbocycles. The average Bonchev–Trinajstić information content (AvgIpc) is 3.02. The topological polar surface area (TPSA) is 29.3 Å². The van der Waals surface area contributed by atoms with Crippen LogP contribution in [0.15, 0.2) is 0 Å². The zero-order valence-corrected chi connectivity index (χ0v) is 12.5. The van der Waals surface area contributed by atoms with E-state index in [0.717, 1.165) is 19.0 Å². The summed E-state index contributed by atoms with van der Waals surface area (Å²) in [6.45, 7) is 6.92. The zero-order valence-electron chi connectivity index (χ0n) is 12.5. The van der Waals surface area contributed by atoms with E-state index >= 15 is 0 Å². The molecule has 2 saturated carbocycles. The van der Waals surface area contributed by atoms with Crippen molar-refractivity contribution in [2.75, 3.05) is 13.1 Å². The Bertz CT molecular complexity index is 235. The zero-order chi connectivity index (χ0) is 13.0. The van der Waals surface area contributed by atoms with E-state index in [2.05, 4.69) is 18.7 Å². The van der Waals surface area contributed by atoms with Crippen molar-refractivity contribution < 1.29 is 0 Å². The molecule has 0 heterocycles. The predicted octanol–water partition coefficient (Wildman–Crippen LogP) is 3.55. The first-order valence-electron chi connectivity index (χ1n) is 8.23. The molecule has 0 aliphatic heterocycles. The summed E-state index contributed by atoms with van der Waals surface area (Å²) in [4.78, 5) is 2.67. The molecule has 0 aromatic heterocycles. The molecule has 0 aromatic carbocycles. The van der Waals surface area contributed by atoms with E-state index in [0.29, 0.717) is 11.6 Å². The van der Waals surface area contributed by atoms with Gasteiger partial charge in [-0.3, -0.25) is 4.90 Å². The van der Waals surface area contributed by atoms with E-state index in [1.54, 1.807) is 0 Å². The molecule has 106 valence electrons. The van der Waals surface area contributed by atoms with Crippen molar-refractivity contribution in [3.05, 3.63) is 0 Å². The third kappa shape index (κ3) is 2.75. The van der Waals surface area contributed by atoms with Gasteiger partial charge in [-0.2, -0.15) is 0 Å². The molecule has 2 aliphatic rings. The summed E-state index contributed by atoms with van der Waals surface area (Å²) in [5.74, 6) is 0.924. The lowest BCUT2D eigenvalue weighted by Crippen LogP contribution is -2.58. The second-order valence-corrected chi connectivity index (χ2v) is 6.48. The van der Waals surface area contributed by atoms with Crippen molar-refractivity contribution in [2.24, 2.45) is 11.7 Å². The van der Waals surface area contributed by atoms with Crippen molar-refractivity contribution in [3.63, 3.8) is 0 Å². The van der Waals surface area contributed by atoms with E-state index in [1.807, 2.05) is 0 Å². The van der Waals surface area contributed by atoms with Gasteiger partial charge in [0.05, 0.1) is 0 Å². The SMILES string of the molecule is CCN(CC)C1(C(N)CC2CCCC2)CCCC1. The molecule has 0 aromatic rings. The normalized spacial score (nSPS) is 26.0. The van der Waals surface area contributed by atoms with Crippen LogP contribution in [0, 0.1) is 5.92 Å². The van der Waals surface area contributed by atoms with Gasteiger partial charge in [-0.1, -0.05) is 52.4 Å². The highest BCUT2D eigenvalue weighted by Crippen LogP contribution is 2.41. The van der Waals surface area contributed by atoms with Crippen LogP contribution < -0.4 is 5.73 Å². The quantitative estimate of drug-likeness (QED) is 0.783. The molecule has 0 amide bonds. The van der Waals surface area contributed by atoms with E-state index in [1.165, 1.54) is 57.8 Å². The third-order valence-electron chi connectivity index (χ3n) is 5.61. The molecular weight excluding hydrogens is 220 g/mol. The monoisotopic (exact) mass is 252 g/mol. The van der Waals surface area contributed by atoms with Crippen molar-refractivity contribution in [1.29, 1.82) is 0 Å². The summed E-state index contributed by atoms with van der Waals surface area (Å²) in [7, 11) is 0. The molecule has 0 radical (unpaired) electrons. The summed E-state index contributed by atoms with van der Waals surface area (Å²) < 4.78 is 0. The highest BCUT2D eigenvalue weighted by atomic mass is 15.2. The second-order valence-electron chi connectivity index (χ2n) is 6.48. The number of nitrogens with two attached hydrogens (primary N) is 1. The molecule has 2 nitrogen and oxygen atoms in total. The molecule has 1 atom stereocenters. The van der Waals surface area contributed by atoms with Crippen molar-refractivity contribution >= 4 is 0 Å². The van der Waals surface area contributed by atoms with Gasteiger partial charge in [0, 0.05) is 11.6 Å². The van der Waals surface area contributed by atoms with Crippen molar-refractivity contribution in [1.82, 2.24) is 4.90 Å². The van der Waals surface area contributed by atoms with Crippen LogP contribution >= 0.6 is 0 Å². The molecular formula is C16H32N2. The van der Waals surface area contributed by atoms with Gasteiger partial charge in [0.2, 0.25) is 0 Å². The highest BCUT2D eigenvalue weighted by Gasteiger charge is 2.43. The summed E-state index contributed by atoms with van der Waals surface area (Å²) in [5, 5.41) is 0. The van der Waals surface area contributed by atoms with Gasteiger partial charge >= 0.3 is 0 Å². The third-order valence-corrected chi connectivity index (χ3v) is 5.61. The van der Waals surface area contributed by atoms with Crippen LogP contribution in [0.4, 0.5) is 0 Å². The molecule has 2 rings (SSSR count). The first kappa shape index (κ1) is 14.3. The van der Waals surface area contributed by atoms with Crippen LogP contribution in [0.2, 0.25) is 0 Å². The fourth-order valence-corrected chi connectivity index (χ4v) is 4.59. The molecule has 0 saturated heterocycles. The van der Waals surface area contributed by atoms with Crippen molar-refractivity contribution in [2.45, 2.75) is 83.2 Å². The van der Waals surface area contributed by atoms with Crippen LogP contribution in [0.3, 0.4) is 0 Å². The lowest BCUT2D eigenvalue weighted by Gasteiger charge is -2.45. The predicted molar refractivity (Wildman–Crippen MR) is 78.7 cm³/mol. The maximum Gasteiger partial charge on any atom is 0.0360 e. The fourth-order valence-electron chi connectivity index (χ4n) is 4.59. The number of hydrogen-bond donors (Lipinski definition) is 1. The molecule has 0 spiro atoms. The maximum absolute atomic E-state index is 6.70. The Hall–Kier alpha value is -0.0800. The minimum atomic E-state index is 0.339. The Morgan fingerprint density at radius 3 is 2.11 bits per heavy atom. The average molecular weight is 252 g/mol. The number of hydrogen-bond acceptors (Lipinski definition) is 2. The minimum absolute atomic E-state index is 0.339. The first-order chi connectivity index (χ1) is 8.73. The van der Waals surface area contributed by atoms with E-state index < -0.39 is 0 Å². The van der Waals surface area contributed by atoms with E-state index in [9.17, 15) is 0 Å². The van der Waals surface area contributed by atoms with Gasteiger partial charge in [-0.05, 0) is 38.3 Å². The first-order valence-corrected chi connectivity index (χ1v) is 8.23. The Labute approximate surface area is 113 Å². The van der Waals surface area contributed by atoms with Crippen LogP contribution in [0.25, 0.3) is 0 Å². The van der Waals surface area contributed by atoms with Gasteiger partial charge < -0.3 is 5.73 Å². The standard InChI is InChI=1S/C16H32N2/c1-3-18(4-2)16(11-7-8-12-16)15(17)13-14-9-5-6-10-14/h14-15H,3-13,17H2,1-2H3. The molecule has 2 fully saturated rings. The molecule has 2 N–H and O–H groups in total. The van der Waals surface area contributed by atoms with Crippen LogP contribution in [-0.2, 0) is 0 Å². The van der Waals surface area contributed by atoms with Gasteiger partial charge in [-0.25, -0.2) is 0 Å². The van der Waals surface area contributed by atoms with E-state index in [4.69, 9.17) is 5.73 Å². The van der Waals surface area contributed by atoms with Crippen LogP contribution in [0.1, 0.15) is 71.6 Å². The molecule has 18 heavy (non-hydrogen) atoms. The largest absolute Gasteiger partial charge is 0.326 e. The minimum Gasteiger partial charge on any atom is -0.326 e. The maximum atomic E-state index is 6.70. The molecule has 2 heteroatoms. The number of likely N-dealkylation sites (N-methyl/N-ethyl adjacent to an activating group) is 1. The highest BCUT2D eigenvalue weighted by molar-refractivity contribution is 5.02. The van der Waals surface area contributed by atoms with Gasteiger partial charge in [-0.15, -0.1) is 0 Å². The van der Waals surface area contributed by atoms with Gasteiger partial charge in [0.15, 0.2) is 0 Å². The lowest BCUT2D eigenvalue weighted by molar-refractivity contribution is 0.0682. The Balaban J connectivity index is 2.03. The Morgan fingerprint density at radius 2 is 1.61 bits per heavy atom. The Kier molecular flexibility index (Phi) is 5.08. The number of nitrogens with zero attached hydrogens (tertiary/aromatic N) is 1. The summed E-state index contributed by atoms with van der Waals surface area (Å²) in [6, 6.07) is 0.406. The smallest absolute Gasteiger partial charge is 0.0360 e. The van der Waals surface area contributed by atoms with Crippen LogP contribution in [0.5, 0.6) is 0 Å². The second kappa shape index (κ2) is 6.38. The lowest BCUT2D eigenvalue weighted by atomic mass is 9.81. The summed E-state index contributed by atoms with van der Waals surface area (Å²) >= 11 is 0. The van der Waals surface area contributed by atoms with Crippen molar-refractivity contribution in [3.8, 4) is 0 Å². The molecule has 0 bridgehead atoms.